The molecule has 0 amide bonds. The van der Waals surface area contributed by atoms with Crippen LogP contribution in [0, 0.1) is 5.92 Å². The van der Waals surface area contributed by atoms with Crippen molar-refractivity contribution in [3.63, 3.8) is 0 Å². The molecule has 1 rings (SSSR count). The number of esters is 1. The minimum absolute atomic E-state index is 0.0970. The predicted molar refractivity (Wildman–Crippen MR) is 52.9 cm³/mol. The molecule has 0 spiro atoms. The van der Waals surface area contributed by atoms with Crippen molar-refractivity contribution in [1.29, 1.82) is 0 Å². The highest BCUT2D eigenvalue weighted by Gasteiger charge is 2.24. The number of likely N-dealkylation sites (tertiary alicyclic amines) is 1. The Labute approximate surface area is 84.8 Å². The highest BCUT2D eigenvalue weighted by molar-refractivity contribution is 5.72. The Kier molecular flexibility index (Phi) is 4.35. The highest BCUT2D eigenvalue weighted by atomic mass is 16.5. The normalized spacial score (nSPS) is 24.9. The molecule has 2 atom stereocenters. The smallest absolute Gasteiger partial charge is 0.309 e. The van der Waals surface area contributed by atoms with Gasteiger partial charge in [0.1, 0.15) is 0 Å². The zero-order valence-corrected chi connectivity index (χ0v) is 8.90. The Bertz CT molecular complexity index is 196. The van der Waals surface area contributed by atoms with E-state index in [-0.39, 0.29) is 18.0 Å². The SMILES string of the molecule is CCOC(=O)C(C)CN1CCC(O)C1. The van der Waals surface area contributed by atoms with Crippen LogP contribution < -0.4 is 0 Å². The van der Waals surface area contributed by atoms with Gasteiger partial charge in [0.05, 0.1) is 18.6 Å². The van der Waals surface area contributed by atoms with Crippen molar-refractivity contribution in [2.24, 2.45) is 5.92 Å². The minimum Gasteiger partial charge on any atom is -0.466 e. The molecule has 1 aliphatic heterocycles. The van der Waals surface area contributed by atoms with Gasteiger partial charge in [-0.1, -0.05) is 6.92 Å². The standard InChI is InChI=1S/C10H19NO3/c1-3-14-10(13)8(2)6-11-5-4-9(12)7-11/h8-9,12H,3-7H2,1-2H3. The van der Waals surface area contributed by atoms with Crippen LogP contribution in [0.1, 0.15) is 20.3 Å². The van der Waals surface area contributed by atoms with Gasteiger partial charge in [-0.25, -0.2) is 0 Å². The van der Waals surface area contributed by atoms with E-state index < -0.39 is 0 Å². The van der Waals surface area contributed by atoms with Crippen molar-refractivity contribution in [2.45, 2.75) is 26.4 Å². The molecular weight excluding hydrogens is 182 g/mol. The van der Waals surface area contributed by atoms with E-state index in [0.29, 0.717) is 19.7 Å². The molecule has 0 aromatic heterocycles. The van der Waals surface area contributed by atoms with Crippen LogP contribution in [-0.2, 0) is 9.53 Å². The lowest BCUT2D eigenvalue weighted by Crippen LogP contribution is -2.31. The first-order valence-electron chi connectivity index (χ1n) is 5.20. The maximum absolute atomic E-state index is 11.3. The summed E-state index contributed by atoms with van der Waals surface area (Å²) in [5.74, 6) is -0.242. The molecule has 0 bridgehead atoms. The van der Waals surface area contributed by atoms with Gasteiger partial charge in [-0.2, -0.15) is 0 Å². The van der Waals surface area contributed by atoms with Gasteiger partial charge < -0.3 is 9.84 Å². The molecule has 1 saturated heterocycles. The molecule has 14 heavy (non-hydrogen) atoms. The summed E-state index contributed by atoms with van der Waals surface area (Å²) in [6, 6.07) is 0. The van der Waals surface area contributed by atoms with E-state index in [1.807, 2.05) is 13.8 Å². The number of nitrogens with zero attached hydrogens (tertiary/aromatic N) is 1. The second kappa shape index (κ2) is 5.32. The molecular formula is C10H19NO3. The van der Waals surface area contributed by atoms with Crippen LogP contribution in [0.15, 0.2) is 0 Å². The zero-order chi connectivity index (χ0) is 10.6. The lowest BCUT2D eigenvalue weighted by molar-refractivity contribution is -0.147. The molecule has 0 saturated carbocycles. The molecule has 4 nitrogen and oxygen atoms in total. The number of aliphatic hydroxyl groups is 1. The van der Waals surface area contributed by atoms with Crippen LogP contribution in [0.4, 0.5) is 0 Å². The average molecular weight is 201 g/mol. The van der Waals surface area contributed by atoms with Crippen molar-refractivity contribution in [2.75, 3.05) is 26.2 Å². The molecule has 1 heterocycles. The fraction of sp³-hybridized carbons (Fsp3) is 0.900. The molecule has 82 valence electrons. The Morgan fingerprint density at radius 2 is 2.43 bits per heavy atom. The number of β-amino-alcohol motifs (C(OH)–C–C–N with tert-alkyl or cyclic N) is 1. The molecule has 1 fully saturated rings. The van der Waals surface area contributed by atoms with Gasteiger partial charge in [-0.05, 0) is 13.3 Å². The van der Waals surface area contributed by atoms with Crippen molar-refractivity contribution in [3.05, 3.63) is 0 Å². The monoisotopic (exact) mass is 201 g/mol. The second-order valence-corrected chi connectivity index (χ2v) is 3.86. The maximum atomic E-state index is 11.3. The summed E-state index contributed by atoms with van der Waals surface area (Å²) in [5, 5.41) is 9.30. The summed E-state index contributed by atoms with van der Waals surface area (Å²) in [6.45, 7) is 6.36. The topological polar surface area (TPSA) is 49.8 Å². The van der Waals surface area contributed by atoms with Gasteiger partial charge in [-0.15, -0.1) is 0 Å². The van der Waals surface area contributed by atoms with Crippen LogP contribution in [0.2, 0.25) is 0 Å². The molecule has 0 aliphatic carbocycles. The van der Waals surface area contributed by atoms with E-state index in [4.69, 9.17) is 4.74 Å². The number of rotatable bonds is 4. The quantitative estimate of drug-likeness (QED) is 0.662. The van der Waals surface area contributed by atoms with Gasteiger partial charge in [0.15, 0.2) is 0 Å². The first-order chi connectivity index (χ1) is 6.63. The summed E-state index contributed by atoms with van der Waals surface area (Å²) in [5.41, 5.74) is 0. The number of hydrogen-bond donors (Lipinski definition) is 1. The first kappa shape index (κ1) is 11.5. The molecule has 0 aromatic rings. The average Bonchev–Trinajstić information content (AvgIpc) is 2.51. The molecule has 4 heteroatoms. The predicted octanol–water partition coefficient (Wildman–Crippen LogP) is 0.252. The number of aliphatic hydroxyl groups excluding tert-OH is 1. The summed E-state index contributed by atoms with van der Waals surface area (Å²) in [4.78, 5) is 13.4. The van der Waals surface area contributed by atoms with E-state index in [1.165, 1.54) is 0 Å². The second-order valence-electron chi connectivity index (χ2n) is 3.86. The summed E-state index contributed by atoms with van der Waals surface area (Å²) < 4.78 is 4.91. The van der Waals surface area contributed by atoms with Gasteiger partial charge in [-0.3, -0.25) is 9.69 Å². The molecule has 0 radical (unpaired) electrons. The fourth-order valence-electron chi connectivity index (χ4n) is 1.72. The Morgan fingerprint density at radius 1 is 1.71 bits per heavy atom. The maximum Gasteiger partial charge on any atom is 0.309 e. The van der Waals surface area contributed by atoms with Crippen molar-refractivity contribution in [3.8, 4) is 0 Å². The lowest BCUT2D eigenvalue weighted by atomic mass is 10.2. The van der Waals surface area contributed by atoms with Crippen LogP contribution in [0.25, 0.3) is 0 Å². The highest BCUT2D eigenvalue weighted by Crippen LogP contribution is 2.11. The van der Waals surface area contributed by atoms with Gasteiger partial charge >= 0.3 is 5.97 Å². The van der Waals surface area contributed by atoms with Crippen molar-refractivity contribution in [1.82, 2.24) is 4.90 Å². The van der Waals surface area contributed by atoms with Gasteiger partial charge in [0.2, 0.25) is 0 Å². The number of hydrogen-bond acceptors (Lipinski definition) is 4. The van der Waals surface area contributed by atoms with Gasteiger partial charge in [0.25, 0.3) is 0 Å². The number of carbonyl (C=O) groups excluding carboxylic acids is 1. The van der Waals surface area contributed by atoms with Crippen LogP contribution in [0.5, 0.6) is 0 Å². The van der Waals surface area contributed by atoms with E-state index in [0.717, 1.165) is 13.0 Å². The minimum atomic E-state index is -0.218. The van der Waals surface area contributed by atoms with Gasteiger partial charge in [0, 0.05) is 19.6 Å². The van der Waals surface area contributed by atoms with Crippen LogP contribution in [-0.4, -0.2) is 48.3 Å². The fourth-order valence-corrected chi connectivity index (χ4v) is 1.72. The Hall–Kier alpha value is -0.610. The molecule has 1 aliphatic rings. The summed E-state index contributed by atoms with van der Waals surface area (Å²) in [7, 11) is 0. The van der Waals surface area contributed by atoms with E-state index in [2.05, 4.69) is 4.90 Å². The Morgan fingerprint density at radius 3 is 2.93 bits per heavy atom. The summed E-state index contributed by atoms with van der Waals surface area (Å²) >= 11 is 0. The zero-order valence-electron chi connectivity index (χ0n) is 8.90. The van der Waals surface area contributed by atoms with Crippen LogP contribution in [0.3, 0.4) is 0 Å². The number of carbonyl (C=O) groups is 1. The third-order valence-electron chi connectivity index (χ3n) is 2.47. The number of ether oxygens (including phenoxy) is 1. The first-order valence-corrected chi connectivity index (χ1v) is 5.20. The molecule has 1 N–H and O–H groups in total. The summed E-state index contributed by atoms with van der Waals surface area (Å²) in [6.07, 6.45) is 0.597. The van der Waals surface area contributed by atoms with Crippen LogP contribution >= 0.6 is 0 Å². The molecule has 2 unspecified atom stereocenters. The Balaban J connectivity index is 2.26. The van der Waals surface area contributed by atoms with E-state index in [1.54, 1.807) is 0 Å². The van der Waals surface area contributed by atoms with E-state index >= 15 is 0 Å². The van der Waals surface area contributed by atoms with Crippen molar-refractivity contribution < 1.29 is 14.6 Å². The molecule has 0 aromatic carbocycles. The third-order valence-corrected chi connectivity index (χ3v) is 2.47. The largest absolute Gasteiger partial charge is 0.466 e. The third kappa shape index (κ3) is 3.27. The van der Waals surface area contributed by atoms with E-state index in [9.17, 15) is 9.90 Å². The lowest BCUT2D eigenvalue weighted by Gasteiger charge is -2.18. The van der Waals surface area contributed by atoms with Crippen molar-refractivity contribution >= 4 is 5.97 Å².